The molecule has 134 valence electrons. The first-order valence-electron chi connectivity index (χ1n) is 8.85. The number of piperidine rings is 1. The molecule has 0 saturated carbocycles. The molecular formula is C18H24ClN5O. The molecule has 7 heteroatoms. The van der Waals surface area contributed by atoms with Crippen LogP contribution in [-0.4, -0.2) is 47.1 Å². The molecule has 0 atom stereocenters. The van der Waals surface area contributed by atoms with Crippen LogP contribution < -0.4 is 5.32 Å². The highest BCUT2D eigenvalue weighted by Gasteiger charge is 2.20. The Hall–Kier alpha value is -1.79. The van der Waals surface area contributed by atoms with Gasteiger partial charge in [-0.1, -0.05) is 12.1 Å². The summed E-state index contributed by atoms with van der Waals surface area (Å²) in [7, 11) is 0. The predicted molar refractivity (Wildman–Crippen MR) is 102 cm³/mol. The molecule has 0 radical (unpaired) electrons. The van der Waals surface area contributed by atoms with E-state index in [-0.39, 0.29) is 5.28 Å². The van der Waals surface area contributed by atoms with Gasteiger partial charge in [-0.25, -0.2) is 9.97 Å². The van der Waals surface area contributed by atoms with E-state index in [0.29, 0.717) is 12.6 Å². The first-order chi connectivity index (χ1) is 12.1. The summed E-state index contributed by atoms with van der Waals surface area (Å²) in [5.41, 5.74) is 3.41. The lowest BCUT2D eigenvalue weighted by atomic mass is 10.0. The third kappa shape index (κ3) is 4.25. The van der Waals surface area contributed by atoms with Crippen molar-refractivity contribution in [2.75, 3.05) is 31.5 Å². The Morgan fingerprint density at radius 3 is 2.76 bits per heavy atom. The number of nitrogens with zero attached hydrogens (tertiary/aromatic N) is 4. The summed E-state index contributed by atoms with van der Waals surface area (Å²) >= 11 is 6.14. The minimum absolute atomic E-state index is 0.271. The maximum absolute atomic E-state index is 10.3. The Balaban J connectivity index is 1.78. The number of likely N-dealkylation sites (tertiary alicyclic amines) is 1. The number of hydrogen-bond acceptors (Lipinski definition) is 6. The van der Waals surface area contributed by atoms with Crippen molar-refractivity contribution < 1.29 is 0 Å². The molecule has 1 aliphatic heterocycles. The summed E-state index contributed by atoms with van der Waals surface area (Å²) in [4.78, 5) is 21.4. The maximum atomic E-state index is 10.3. The molecule has 1 fully saturated rings. The average Bonchev–Trinajstić information content (AvgIpc) is 2.60. The van der Waals surface area contributed by atoms with E-state index in [9.17, 15) is 4.91 Å². The number of benzene rings is 1. The zero-order valence-electron chi connectivity index (χ0n) is 14.8. The minimum Gasteiger partial charge on any atom is -0.367 e. The fourth-order valence-electron chi connectivity index (χ4n) is 3.46. The van der Waals surface area contributed by atoms with Crippen LogP contribution in [0.4, 0.5) is 5.82 Å². The van der Waals surface area contributed by atoms with Crippen molar-refractivity contribution in [1.29, 1.82) is 0 Å². The molecule has 0 spiro atoms. The number of hydrogen-bond donors (Lipinski definition) is 1. The van der Waals surface area contributed by atoms with Gasteiger partial charge < -0.3 is 10.2 Å². The number of halogens is 1. The van der Waals surface area contributed by atoms with Crippen molar-refractivity contribution >= 4 is 28.3 Å². The Morgan fingerprint density at radius 2 is 2.08 bits per heavy atom. The molecular weight excluding hydrogens is 338 g/mol. The molecule has 2 aromatic rings. The highest BCUT2D eigenvalue weighted by molar-refractivity contribution is 6.28. The van der Waals surface area contributed by atoms with Gasteiger partial charge in [-0.05, 0) is 61.0 Å². The normalized spacial score (nSPS) is 16.3. The molecule has 0 aliphatic carbocycles. The summed E-state index contributed by atoms with van der Waals surface area (Å²) < 4.78 is 0. The molecule has 1 N–H and O–H groups in total. The lowest BCUT2D eigenvalue weighted by molar-refractivity contribution is 0.224. The summed E-state index contributed by atoms with van der Waals surface area (Å²) in [5.74, 6) is 0.817. The van der Waals surface area contributed by atoms with Crippen molar-refractivity contribution in [2.24, 2.45) is 5.18 Å². The summed E-state index contributed by atoms with van der Waals surface area (Å²) in [6.07, 6.45) is 3.00. The van der Waals surface area contributed by atoms with Gasteiger partial charge in [0.15, 0.2) is 0 Å². The first kappa shape index (κ1) is 18.0. The second-order valence-corrected chi connectivity index (χ2v) is 6.94. The summed E-state index contributed by atoms with van der Waals surface area (Å²) in [5, 5.41) is 7.81. The van der Waals surface area contributed by atoms with Gasteiger partial charge in [0.2, 0.25) is 5.28 Å². The number of aryl methyl sites for hydroxylation is 2. The van der Waals surface area contributed by atoms with Crippen LogP contribution in [0.15, 0.2) is 17.3 Å². The van der Waals surface area contributed by atoms with Crippen molar-refractivity contribution in [1.82, 2.24) is 14.9 Å². The third-order valence-electron chi connectivity index (χ3n) is 4.94. The van der Waals surface area contributed by atoms with E-state index in [1.54, 1.807) is 0 Å². The van der Waals surface area contributed by atoms with Crippen molar-refractivity contribution in [2.45, 2.75) is 39.2 Å². The highest BCUT2D eigenvalue weighted by atomic mass is 35.5. The van der Waals surface area contributed by atoms with Gasteiger partial charge in [0.1, 0.15) is 5.82 Å². The van der Waals surface area contributed by atoms with Crippen LogP contribution in [0.5, 0.6) is 0 Å². The molecule has 1 saturated heterocycles. The molecule has 1 aliphatic rings. The van der Waals surface area contributed by atoms with Gasteiger partial charge >= 0.3 is 0 Å². The molecule has 0 unspecified atom stereocenters. The van der Waals surface area contributed by atoms with E-state index in [4.69, 9.17) is 11.6 Å². The van der Waals surface area contributed by atoms with Crippen molar-refractivity contribution in [3.05, 3.63) is 33.5 Å². The maximum Gasteiger partial charge on any atom is 0.224 e. The van der Waals surface area contributed by atoms with Crippen LogP contribution in [-0.2, 0) is 6.42 Å². The van der Waals surface area contributed by atoms with E-state index in [1.165, 1.54) is 11.1 Å². The molecule has 0 amide bonds. The quantitative estimate of drug-likeness (QED) is 0.626. The van der Waals surface area contributed by atoms with E-state index < -0.39 is 0 Å². The Morgan fingerprint density at radius 1 is 1.32 bits per heavy atom. The standard InChI is InChI=1S/C18H24ClN5O/c1-3-13-11-15-16(10-12(13)2)22-18(19)23-17(15)21-14-4-7-24(8-5-14)9-6-20-25/h10-11,14H,3-9H2,1-2H3,(H,21,22,23). The molecule has 3 rings (SSSR count). The van der Waals surface area contributed by atoms with Gasteiger partial charge in [0.25, 0.3) is 0 Å². The summed E-state index contributed by atoms with van der Waals surface area (Å²) in [6, 6.07) is 4.61. The van der Waals surface area contributed by atoms with Crippen molar-refractivity contribution in [3.8, 4) is 0 Å². The minimum atomic E-state index is 0.271. The largest absolute Gasteiger partial charge is 0.367 e. The van der Waals surface area contributed by atoms with E-state index in [2.05, 4.69) is 51.3 Å². The van der Waals surface area contributed by atoms with Crippen LogP contribution in [0.1, 0.15) is 30.9 Å². The molecule has 1 aromatic heterocycles. The van der Waals surface area contributed by atoms with Crippen LogP contribution in [0.3, 0.4) is 0 Å². The molecule has 25 heavy (non-hydrogen) atoms. The monoisotopic (exact) mass is 361 g/mol. The predicted octanol–water partition coefficient (Wildman–Crippen LogP) is 3.80. The van der Waals surface area contributed by atoms with Gasteiger partial charge in [-0.2, -0.15) is 4.91 Å². The topological polar surface area (TPSA) is 70.5 Å². The Bertz CT molecular complexity index is 759. The second kappa shape index (κ2) is 8.06. The number of fused-ring (bicyclic) bond motifs is 1. The van der Waals surface area contributed by atoms with Gasteiger partial charge in [-0.3, -0.25) is 0 Å². The Kier molecular flexibility index (Phi) is 5.81. The van der Waals surface area contributed by atoms with Crippen LogP contribution in [0.2, 0.25) is 5.28 Å². The van der Waals surface area contributed by atoms with E-state index in [1.807, 2.05) is 0 Å². The summed E-state index contributed by atoms with van der Waals surface area (Å²) in [6.45, 7) is 7.29. The number of nitrogens with one attached hydrogen (secondary N) is 1. The van der Waals surface area contributed by atoms with Crippen molar-refractivity contribution in [3.63, 3.8) is 0 Å². The SMILES string of the molecule is CCc1cc2c(NC3CCN(CCN=O)CC3)nc(Cl)nc2cc1C. The molecule has 6 nitrogen and oxygen atoms in total. The first-order valence-corrected chi connectivity index (χ1v) is 9.23. The smallest absolute Gasteiger partial charge is 0.224 e. The fraction of sp³-hybridized carbons (Fsp3) is 0.556. The fourth-order valence-corrected chi connectivity index (χ4v) is 3.64. The van der Waals surface area contributed by atoms with E-state index >= 15 is 0 Å². The highest BCUT2D eigenvalue weighted by Crippen LogP contribution is 2.27. The lowest BCUT2D eigenvalue weighted by Crippen LogP contribution is -2.40. The van der Waals surface area contributed by atoms with Gasteiger partial charge in [-0.15, -0.1) is 0 Å². The molecule has 0 bridgehead atoms. The molecule has 1 aromatic carbocycles. The number of anilines is 1. The zero-order chi connectivity index (χ0) is 17.8. The number of nitroso groups, excluding NO2 is 1. The average molecular weight is 362 g/mol. The third-order valence-corrected chi connectivity index (χ3v) is 5.11. The van der Waals surface area contributed by atoms with Crippen LogP contribution in [0, 0.1) is 11.8 Å². The molecule has 2 heterocycles. The van der Waals surface area contributed by atoms with Crippen LogP contribution in [0.25, 0.3) is 10.9 Å². The second-order valence-electron chi connectivity index (χ2n) is 6.60. The number of rotatable bonds is 6. The zero-order valence-corrected chi connectivity index (χ0v) is 15.5. The lowest BCUT2D eigenvalue weighted by Gasteiger charge is -2.32. The van der Waals surface area contributed by atoms with Gasteiger partial charge in [0, 0.05) is 31.1 Å². The van der Waals surface area contributed by atoms with Crippen LogP contribution >= 0.6 is 11.6 Å². The van der Waals surface area contributed by atoms with Gasteiger partial charge in [0.05, 0.1) is 12.1 Å². The Labute approximate surface area is 153 Å². The van der Waals surface area contributed by atoms with E-state index in [0.717, 1.165) is 55.6 Å². The number of aromatic nitrogens is 2.